The van der Waals surface area contributed by atoms with E-state index < -0.39 is 9.84 Å². The maximum atomic E-state index is 12.9. The van der Waals surface area contributed by atoms with Gasteiger partial charge in [0.2, 0.25) is 15.8 Å². The quantitative estimate of drug-likeness (QED) is 0.641. The summed E-state index contributed by atoms with van der Waals surface area (Å²) in [4.78, 5) is 13.0. The number of aromatic nitrogens is 2. The van der Waals surface area contributed by atoms with Gasteiger partial charge in [0.15, 0.2) is 0 Å². The third-order valence-corrected chi connectivity index (χ3v) is 7.49. The molecule has 0 radical (unpaired) electrons. The molecule has 1 aliphatic heterocycles. The molecule has 0 atom stereocenters. The van der Waals surface area contributed by atoms with E-state index in [1.165, 1.54) is 11.8 Å². The first-order valence-corrected chi connectivity index (χ1v) is 11.8. The van der Waals surface area contributed by atoms with Crippen LogP contribution in [0.5, 0.6) is 0 Å². The van der Waals surface area contributed by atoms with Crippen molar-refractivity contribution in [1.29, 1.82) is 0 Å². The molecule has 0 saturated carbocycles. The van der Waals surface area contributed by atoms with Crippen LogP contribution in [0.1, 0.15) is 11.1 Å². The molecule has 1 fully saturated rings. The third kappa shape index (κ3) is 4.31. The number of hydrogen-bond donors (Lipinski definition) is 1. The van der Waals surface area contributed by atoms with Gasteiger partial charge in [-0.25, -0.2) is 13.4 Å². The molecule has 1 aliphatic rings. The fourth-order valence-electron chi connectivity index (χ4n) is 3.65. The largest absolute Gasteiger partial charge is 0.382 e. The molecule has 9 heteroatoms. The van der Waals surface area contributed by atoms with Crippen molar-refractivity contribution < 1.29 is 8.42 Å². The van der Waals surface area contributed by atoms with E-state index in [-0.39, 0.29) is 15.6 Å². The van der Waals surface area contributed by atoms with Crippen LogP contribution < -0.4 is 15.5 Å². The summed E-state index contributed by atoms with van der Waals surface area (Å²) < 4.78 is 25.8. The molecule has 0 spiro atoms. The van der Waals surface area contributed by atoms with Gasteiger partial charge >= 0.3 is 0 Å². The van der Waals surface area contributed by atoms with E-state index in [2.05, 4.69) is 21.8 Å². The highest BCUT2D eigenvalue weighted by atomic mass is 35.5. The fourth-order valence-corrected chi connectivity index (χ4v) is 5.08. The van der Waals surface area contributed by atoms with E-state index >= 15 is 0 Å². The van der Waals surface area contributed by atoms with Crippen LogP contribution in [-0.4, -0.2) is 44.6 Å². The number of nitrogens with two attached hydrogens (primary N) is 1. The summed E-state index contributed by atoms with van der Waals surface area (Å²) in [6.07, 6.45) is 1.31. The summed E-state index contributed by atoms with van der Waals surface area (Å²) in [5.41, 5.74) is 9.32. The molecule has 7 nitrogen and oxygen atoms in total. The van der Waals surface area contributed by atoms with Crippen LogP contribution in [0.4, 0.5) is 17.5 Å². The molecule has 2 N–H and O–H groups in total. The topological polar surface area (TPSA) is 92.4 Å². The minimum absolute atomic E-state index is 0.0429. The predicted octanol–water partition coefficient (Wildman–Crippen LogP) is 3.49. The van der Waals surface area contributed by atoms with Crippen molar-refractivity contribution in [1.82, 2.24) is 9.97 Å². The lowest BCUT2D eigenvalue weighted by atomic mass is 10.1. The Morgan fingerprint density at radius 2 is 1.61 bits per heavy atom. The van der Waals surface area contributed by atoms with Gasteiger partial charge < -0.3 is 15.5 Å². The zero-order valence-corrected chi connectivity index (χ0v) is 19.0. The number of nitrogen functional groups attached to an aromatic ring is 1. The van der Waals surface area contributed by atoms with Crippen LogP contribution in [-0.2, 0) is 9.84 Å². The molecule has 0 amide bonds. The van der Waals surface area contributed by atoms with E-state index in [0.29, 0.717) is 24.1 Å². The first-order valence-electron chi connectivity index (χ1n) is 9.96. The van der Waals surface area contributed by atoms with Gasteiger partial charge in [0.05, 0.1) is 11.1 Å². The second kappa shape index (κ2) is 8.36. The van der Waals surface area contributed by atoms with Crippen molar-refractivity contribution in [3.8, 4) is 0 Å². The molecular weight excluding hydrogens is 434 g/mol. The van der Waals surface area contributed by atoms with Crippen LogP contribution in [0, 0.1) is 13.8 Å². The third-order valence-electron chi connectivity index (χ3n) is 5.47. The van der Waals surface area contributed by atoms with Crippen LogP contribution in [0.15, 0.2) is 58.5 Å². The molecule has 2 aromatic carbocycles. The van der Waals surface area contributed by atoms with Crippen molar-refractivity contribution in [2.75, 3.05) is 41.7 Å². The second-order valence-electron chi connectivity index (χ2n) is 7.64. The van der Waals surface area contributed by atoms with Gasteiger partial charge in [0, 0.05) is 36.9 Å². The number of aryl methyl sites for hydroxylation is 2. The minimum Gasteiger partial charge on any atom is -0.382 e. The highest BCUT2D eigenvalue weighted by molar-refractivity contribution is 7.91. The Bertz CT molecular complexity index is 1210. The normalized spacial score (nSPS) is 14.7. The zero-order valence-electron chi connectivity index (χ0n) is 17.4. The Morgan fingerprint density at radius 1 is 0.968 bits per heavy atom. The molecule has 1 aromatic heterocycles. The first-order chi connectivity index (χ1) is 14.8. The number of hydrogen-bond acceptors (Lipinski definition) is 7. The number of nitrogens with zero attached hydrogens (tertiary/aromatic N) is 4. The lowest BCUT2D eigenvalue weighted by molar-refractivity contribution is 0.595. The Balaban J connectivity index is 1.51. The van der Waals surface area contributed by atoms with Gasteiger partial charge in [-0.15, -0.1) is 0 Å². The molecule has 31 heavy (non-hydrogen) atoms. The van der Waals surface area contributed by atoms with Crippen molar-refractivity contribution in [3.63, 3.8) is 0 Å². The van der Waals surface area contributed by atoms with Crippen LogP contribution in [0.25, 0.3) is 0 Å². The van der Waals surface area contributed by atoms with Gasteiger partial charge in [0.25, 0.3) is 0 Å². The summed E-state index contributed by atoms with van der Waals surface area (Å²) in [5.74, 6) is 0.390. The Labute approximate surface area is 187 Å². The number of benzene rings is 2. The number of halogens is 1. The molecule has 0 bridgehead atoms. The maximum Gasteiger partial charge on any atom is 0.227 e. The lowest BCUT2D eigenvalue weighted by Crippen LogP contribution is -2.47. The SMILES string of the molecule is Cc1ccc(S(=O)(=O)c2cnc(N3CCN(c4cc(Cl)ccc4C)CC3)nc2N)cc1. The smallest absolute Gasteiger partial charge is 0.227 e. The van der Waals surface area contributed by atoms with E-state index in [0.717, 1.165) is 24.3 Å². The standard InChI is InChI=1S/C22H24ClN5O2S/c1-15-3-7-18(8-4-15)31(29,30)20-14-25-22(26-21(20)24)28-11-9-27(10-12-28)19-13-17(23)6-5-16(19)2/h3-8,13-14H,9-12H2,1-2H3,(H2,24,25,26). The lowest BCUT2D eigenvalue weighted by Gasteiger charge is -2.37. The van der Waals surface area contributed by atoms with Crippen molar-refractivity contribution in [2.24, 2.45) is 0 Å². The number of sulfone groups is 1. The summed E-state index contributed by atoms with van der Waals surface area (Å²) in [6.45, 7) is 6.89. The zero-order chi connectivity index (χ0) is 22.2. The van der Waals surface area contributed by atoms with Gasteiger partial charge in [0.1, 0.15) is 10.7 Å². The van der Waals surface area contributed by atoms with Gasteiger partial charge in [-0.2, -0.15) is 4.98 Å². The molecule has 4 rings (SSSR count). The van der Waals surface area contributed by atoms with Crippen LogP contribution in [0.3, 0.4) is 0 Å². The van der Waals surface area contributed by atoms with Crippen molar-refractivity contribution in [3.05, 3.63) is 64.8 Å². The predicted molar refractivity (Wildman–Crippen MR) is 124 cm³/mol. The Kier molecular flexibility index (Phi) is 5.77. The van der Waals surface area contributed by atoms with E-state index in [1.807, 2.05) is 30.0 Å². The molecule has 2 heterocycles. The summed E-state index contributed by atoms with van der Waals surface area (Å²) in [6, 6.07) is 12.5. The highest BCUT2D eigenvalue weighted by Gasteiger charge is 2.25. The minimum atomic E-state index is -3.78. The van der Waals surface area contributed by atoms with Gasteiger partial charge in [-0.1, -0.05) is 35.4 Å². The fraction of sp³-hybridized carbons (Fsp3) is 0.273. The summed E-state index contributed by atoms with van der Waals surface area (Å²) >= 11 is 6.16. The van der Waals surface area contributed by atoms with Crippen molar-refractivity contribution >= 4 is 38.9 Å². The van der Waals surface area contributed by atoms with Gasteiger partial charge in [-0.3, -0.25) is 0 Å². The molecular formula is C22H24ClN5O2S. The average Bonchev–Trinajstić information content (AvgIpc) is 2.75. The van der Waals surface area contributed by atoms with E-state index in [1.54, 1.807) is 24.3 Å². The Hall–Kier alpha value is -2.84. The van der Waals surface area contributed by atoms with Gasteiger partial charge in [-0.05, 0) is 43.7 Å². The second-order valence-corrected chi connectivity index (χ2v) is 10.00. The Morgan fingerprint density at radius 3 is 2.26 bits per heavy atom. The van der Waals surface area contributed by atoms with E-state index in [4.69, 9.17) is 17.3 Å². The van der Waals surface area contributed by atoms with E-state index in [9.17, 15) is 8.42 Å². The first kappa shape index (κ1) is 21.4. The number of rotatable bonds is 4. The molecule has 1 saturated heterocycles. The highest BCUT2D eigenvalue weighted by Crippen LogP contribution is 2.28. The summed E-state index contributed by atoms with van der Waals surface area (Å²) in [5, 5.41) is 0.713. The van der Waals surface area contributed by atoms with Crippen LogP contribution in [0.2, 0.25) is 5.02 Å². The molecule has 0 unspecified atom stereocenters. The average molecular weight is 458 g/mol. The van der Waals surface area contributed by atoms with Crippen molar-refractivity contribution in [2.45, 2.75) is 23.6 Å². The maximum absolute atomic E-state index is 12.9. The molecule has 3 aromatic rings. The number of piperazine rings is 1. The molecule has 0 aliphatic carbocycles. The number of anilines is 3. The monoisotopic (exact) mass is 457 g/mol. The van der Waals surface area contributed by atoms with Crippen LogP contribution >= 0.6 is 11.6 Å². The summed E-state index contributed by atoms with van der Waals surface area (Å²) in [7, 11) is -3.78. The molecule has 162 valence electrons.